The van der Waals surface area contributed by atoms with Crippen molar-refractivity contribution in [1.82, 2.24) is 0 Å². The number of carbonyl (C=O) groups is 1. The fourth-order valence-electron chi connectivity index (χ4n) is 6.91. The smallest absolute Gasteiger partial charge is 0.302 e. The average Bonchev–Trinajstić information content (AvgIpc) is 3.53. The number of esters is 1. The maximum Gasteiger partial charge on any atom is 0.302 e. The third kappa shape index (κ3) is 7.28. The monoisotopic (exact) mass is 656 g/mol. The van der Waals surface area contributed by atoms with Crippen LogP contribution in [-0.4, -0.2) is 92.2 Å². The Kier molecular flexibility index (Phi) is 9.44. The van der Waals surface area contributed by atoms with Gasteiger partial charge in [-0.15, -0.1) is 0 Å². The van der Waals surface area contributed by atoms with Gasteiger partial charge in [-0.05, 0) is 44.4 Å². The zero-order chi connectivity index (χ0) is 32.8. The molecule has 10 atom stereocenters. The second-order valence-corrected chi connectivity index (χ2v) is 13.5. The largest absolute Gasteiger partial charge is 0.463 e. The molecule has 12 heteroatoms. The van der Waals surface area contributed by atoms with Crippen LogP contribution in [0.2, 0.25) is 0 Å². The van der Waals surface area contributed by atoms with Gasteiger partial charge in [0.2, 0.25) is 0 Å². The summed E-state index contributed by atoms with van der Waals surface area (Å²) >= 11 is 0. The molecule has 0 aromatic heterocycles. The minimum atomic E-state index is -0.922. The van der Waals surface area contributed by atoms with Crippen LogP contribution >= 0.6 is 0 Å². The van der Waals surface area contributed by atoms with Crippen LogP contribution in [0, 0.1) is 0 Å². The molecule has 4 fully saturated rings. The molecule has 0 radical (unpaired) electrons. The number of hydrogen-bond acceptors (Lipinski definition) is 12. The summed E-state index contributed by atoms with van der Waals surface area (Å²) in [6, 6.07) is 17.8. The highest BCUT2D eigenvalue weighted by molar-refractivity contribution is 5.65. The molecule has 0 aliphatic carbocycles. The van der Waals surface area contributed by atoms with Crippen molar-refractivity contribution in [3.63, 3.8) is 0 Å². The molecule has 2 aromatic carbocycles. The van der Waals surface area contributed by atoms with Gasteiger partial charge in [0.15, 0.2) is 24.2 Å². The van der Waals surface area contributed by atoms with E-state index in [-0.39, 0.29) is 13.2 Å². The van der Waals surface area contributed by atoms with Crippen LogP contribution in [0.4, 0.5) is 0 Å². The van der Waals surface area contributed by atoms with Crippen molar-refractivity contribution in [2.45, 2.75) is 127 Å². The van der Waals surface area contributed by atoms with Crippen LogP contribution in [0.1, 0.15) is 51.3 Å². The topological polar surface area (TPSA) is 119 Å². The maximum absolute atomic E-state index is 11.9. The normalized spacial score (nSPS) is 37.0. The maximum atomic E-state index is 11.9. The lowest BCUT2D eigenvalue weighted by Gasteiger charge is -2.47. The predicted octanol–water partition coefficient (Wildman–Crippen LogP) is 3.76. The van der Waals surface area contributed by atoms with Crippen molar-refractivity contribution >= 4 is 5.97 Å². The molecule has 5 heterocycles. The van der Waals surface area contributed by atoms with Gasteiger partial charge in [0, 0.05) is 6.92 Å². The molecule has 0 N–H and O–H groups in total. The molecular formula is C35H44O12. The van der Waals surface area contributed by atoms with Crippen LogP contribution < -0.4 is 0 Å². The van der Waals surface area contributed by atoms with Crippen molar-refractivity contribution in [3.05, 3.63) is 71.3 Å². The molecule has 2 aromatic rings. The average molecular weight is 657 g/mol. The van der Waals surface area contributed by atoms with E-state index in [1.807, 2.05) is 82.3 Å². The number of fused-ring (bicyclic) bond motifs is 5. The van der Waals surface area contributed by atoms with Gasteiger partial charge in [0.05, 0.1) is 26.4 Å². The molecule has 47 heavy (non-hydrogen) atoms. The summed E-state index contributed by atoms with van der Waals surface area (Å²) in [6.07, 6.45) is -6.18. The molecule has 0 unspecified atom stereocenters. The van der Waals surface area contributed by atoms with Crippen LogP contribution in [-0.2, 0) is 76.7 Å². The van der Waals surface area contributed by atoms with E-state index in [4.69, 9.17) is 52.1 Å². The summed E-state index contributed by atoms with van der Waals surface area (Å²) in [5.41, 5.74) is 3.01. The Balaban J connectivity index is 1.14. The Morgan fingerprint density at radius 2 is 1.34 bits per heavy atom. The molecular weight excluding hydrogens is 612 g/mol. The zero-order valence-electron chi connectivity index (χ0n) is 27.4. The molecule has 0 spiro atoms. The molecule has 5 aliphatic rings. The Morgan fingerprint density at radius 3 is 2.06 bits per heavy atom. The summed E-state index contributed by atoms with van der Waals surface area (Å²) < 4.78 is 69.3. The molecule has 4 saturated heterocycles. The SMILES string of the molecule is CC(=O)OC[C@H]1O[C@@H](OC[C@H]2O[C@@H]3OC(C)(C)O[C@@H]3[C@H]3OC(C)(C)O[C@H]32)[C@@H]2OCc3ccccc3CO[C@H]2[C@@H]1OCc1ccccc1. The molecule has 12 nitrogen and oxygen atoms in total. The minimum Gasteiger partial charge on any atom is -0.463 e. The summed E-state index contributed by atoms with van der Waals surface area (Å²) in [5, 5.41) is 0. The molecule has 7 rings (SSSR count). The first-order valence-corrected chi connectivity index (χ1v) is 16.3. The van der Waals surface area contributed by atoms with E-state index in [0.717, 1.165) is 16.7 Å². The zero-order valence-corrected chi connectivity index (χ0v) is 27.4. The Hall–Kier alpha value is -2.49. The van der Waals surface area contributed by atoms with Crippen LogP contribution in [0.3, 0.4) is 0 Å². The molecule has 5 aliphatic heterocycles. The van der Waals surface area contributed by atoms with E-state index in [9.17, 15) is 4.79 Å². The number of hydrogen-bond donors (Lipinski definition) is 0. The number of rotatable bonds is 8. The van der Waals surface area contributed by atoms with Crippen molar-refractivity contribution < 1.29 is 56.9 Å². The third-order valence-corrected chi connectivity index (χ3v) is 8.98. The molecule has 0 amide bonds. The highest BCUT2D eigenvalue weighted by atomic mass is 16.9. The van der Waals surface area contributed by atoms with Gasteiger partial charge >= 0.3 is 5.97 Å². The lowest BCUT2D eigenvalue weighted by atomic mass is 9.96. The lowest BCUT2D eigenvalue weighted by molar-refractivity contribution is -0.337. The minimum absolute atomic E-state index is 0.0579. The molecule has 0 bridgehead atoms. The van der Waals surface area contributed by atoms with Gasteiger partial charge in [-0.2, -0.15) is 0 Å². The van der Waals surface area contributed by atoms with Crippen molar-refractivity contribution in [2.24, 2.45) is 0 Å². The number of carbonyl (C=O) groups excluding carboxylic acids is 1. The highest BCUT2D eigenvalue weighted by Gasteiger charge is 2.61. The standard InChI is InChI=1S/C35H44O12/c1-20(36)37-18-24-26(38-15-21-11-7-6-8-12-21)28-30(40-17-23-14-10-9-13-22(23)16-39-28)32(42-24)41-19-25-27-29(45-34(2,3)44-27)31-33(43-25)47-35(4,5)46-31/h6-14,24-33H,15-19H2,1-5H3/t24-,25-,26-,27+,28+,29+,30-,31-,32-,33-/m1/s1. The first-order valence-electron chi connectivity index (χ1n) is 16.3. The summed E-state index contributed by atoms with van der Waals surface area (Å²) in [6.45, 7) is 9.74. The first-order chi connectivity index (χ1) is 22.6. The third-order valence-electron chi connectivity index (χ3n) is 8.98. The van der Waals surface area contributed by atoms with Gasteiger partial charge in [0.25, 0.3) is 0 Å². The van der Waals surface area contributed by atoms with Crippen LogP contribution in [0.15, 0.2) is 54.6 Å². The van der Waals surface area contributed by atoms with Gasteiger partial charge in [0.1, 0.15) is 55.4 Å². The van der Waals surface area contributed by atoms with Gasteiger partial charge in [-0.25, -0.2) is 0 Å². The molecule has 256 valence electrons. The van der Waals surface area contributed by atoms with Gasteiger partial charge in [-0.1, -0.05) is 54.6 Å². The van der Waals surface area contributed by atoms with E-state index in [1.54, 1.807) is 0 Å². The van der Waals surface area contributed by atoms with E-state index < -0.39 is 79.0 Å². The molecule has 0 saturated carbocycles. The van der Waals surface area contributed by atoms with Crippen LogP contribution in [0.25, 0.3) is 0 Å². The van der Waals surface area contributed by atoms with E-state index >= 15 is 0 Å². The summed E-state index contributed by atoms with van der Waals surface area (Å²) in [4.78, 5) is 11.9. The first kappa shape index (κ1) is 33.0. The van der Waals surface area contributed by atoms with E-state index in [2.05, 4.69) is 0 Å². The van der Waals surface area contributed by atoms with Crippen LogP contribution in [0.5, 0.6) is 0 Å². The quantitative estimate of drug-likeness (QED) is 0.385. The number of benzene rings is 2. The summed E-state index contributed by atoms with van der Waals surface area (Å²) in [7, 11) is 0. The van der Waals surface area contributed by atoms with Crippen molar-refractivity contribution in [1.29, 1.82) is 0 Å². The second-order valence-electron chi connectivity index (χ2n) is 13.5. The Morgan fingerprint density at radius 1 is 0.702 bits per heavy atom. The Labute approximate surface area is 274 Å². The fraction of sp³-hybridized carbons (Fsp3) is 0.629. The summed E-state index contributed by atoms with van der Waals surface area (Å²) in [5.74, 6) is -2.13. The van der Waals surface area contributed by atoms with Gasteiger partial charge in [-0.3, -0.25) is 4.79 Å². The number of ether oxygens (including phenoxy) is 11. The van der Waals surface area contributed by atoms with E-state index in [1.165, 1.54) is 6.92 Å². The van der Waals surface area contributed by atoms with Crippen molar-refractivity contribution in [2.75, 3.05) is 13.2 Å². The van der Waals surface area contributed by atoms with Crippen molar-refractivity contribution in [3.8, 4) is 0 Å². The van der Waals surface area contributed by atoms with E-state index in [0.29, 0.717) is 19.8 Å². The predicted molar refractivity (Wildman–Crippen MR) is 162 cm³/mol. The highest BCUT2D eigenvalue weighted by Crippen LogP contribution is 2.44. The lowest BCUT2D eigenvalue weighted by Crippen LogP contribution is -2.63. The second kappa shape index (κ2) is 13.4. The van der Waals surface area contributed by atoms with Gasteiger partial charge < -0.3 is 52.1 Å². The fourth-order valence-corrected chi connectivity index (χ4v) is 6.91. The Bertz CT molecular complexity index is 1380.